The van der Waals surface area contributed by atoms with Crippen molar-refractivity contribution in [2.45, 2.75) is 20.0 Å². The number of fused-ring (bicyclic) bond motifs is 1. The van der Waals surface area contributed by atoms with E-state index in [9.17, 15) is 0 Å². The Bertz CT molecular complexity index is 676. The van der Waals surface area contributed by atoms with E-state index < -0.39 is 0 Å². The molecule has 0 atom stereocenters. The Morgan fingerprint density at radius 1 is 1.16 bits per heavy atom. The minimum atomic E-state index is 0.724. The van der Waals surface area contributed by atoms with Crippen LogP contribution in [0.25, 0.3) is 11.0 Å². The van der Waals surface area contributed by atoms with Crippen molar-refractivity contribution in [3.8, 4) is 0 Å². The van der Waals surface area contributed by atoms with Gasteiger partial charge in [0.1, 0.15) is 17.7 Å². The highest BCUT2D eigenvalue weighted by Gasteiger charge is 2.09. The van der Waals surface area contributed by atoms with Crippen molar-refractivity contribution >= 4 is 11.0 Å². The highest BCUT2D eigenvalue weighted by atomic mass is 16.3. The fourth-order valence-corrected chi connectivity index (χ4v) is 2.18. The smallest absolute Gasteiger partial charge is 0.134 e. The fourth-order valence-electron chi connectivity index (χ4n) is 2.18. The van der Waals surface area contributed by atoms with Gasteiger partial charge in [-0.1, -0.05) is 18.2 Å². The average Bonchev–Trinajstić information content (AvgIpc) is 2.76. The average molecular weight is 253 g/mol. The third kappa shape index (κ3) is 2.48. The number of rotatable bonds is 4. The van der Waals surface area contributed by atoms with Crippen molar-refractivity contribution in [3.05, 3.63) is 59.9 Å². The summed E-state index contributed by atoms with van der Waals surface area (Å²) < 4.78 is 5.74. The molecule has 0 saturated heterocycles. The molecule has 2 aromatic heterocycles. The van der Waals surface area contributed by atoms with E-state index >= 15 is 0 Å². The van der Waals surface area contributed by atoms with Crippen LogP contribution in [0.4, 0.5) is 0 Å². The number of hydrogen-bond donors (Lipinski definition) is 1. The molecule has 96 valence electrons. The summed E-state index contributed by atoms with van der Waals surface area (Å²) >= 11 is 0. The monoisotopic (exact) mass is 253 g/mol. The summed E-state index contributed by atoms with van der Waals surface area (Å²) in [7, 11) is 0. The zero-order chi connectivity index (χ0) is 13.1. The molecule has 3 aromatic rings. The van der Waals surface area contributed by atoms with Crippen molar-refractivity contribution in [2.24, 2.45) is 0 Å². The first-order valence-electron chi connectivity index (χ1n) is 6.27. The topological polar surface area (TPSA) is 51.0 Å². The largest absolute Gasteiger partial charge is 0.461 e. The van der Waals surface area contributed by atoms with Crippen LogP contribution in [0.15, 0.2) is 47.3 Å². The maximum absolute atomic E-state index is 5.74. The summed E-state index contributed by atoms with van der Waals surface area (Å²) in [4.78, 5) is 8.09. The van der Waals surface area contributed by atoms with Gasteiger partial charge in [0.2, 0.25) is 0 Å². The van der Waals surface area contributed by atoms with Crippen LogP contribution in [0.3, 0.4) is 0 Å². The summed E-state index contributed by atoms with van der Waals surface area (Å²) in [5.74, 6) is 0.969. The van der Waals surface area contributed by atoms with Crippen LogP contribution in [0.5, 0.6) is 0 Å². The van der Waals surface area contributed by atoms with Gasteiger partial charge >= 0.3 is 0 Å². The lowest BCUT2D eigenvalue weighted by Crippen LogP contribution is -2.14. The molecule has 19 heavy (non-hydrogen) atoms. The van der Waals surface area contributed by atoms with Gasteiger partial charge in [0.05, 0.1) is 5.69 Å². The summed E-state index contributed by atoms with van der Waals surface area (Å²) in [6.45, 7) is 3.50. The van der Waals surface area contributed by atoms with Crippen LogP contribution in [-0.2, 0) is 13.1 Å². The lowest BCUT2D eigenvalue weighted by molar-refractivity contribution is 0.564. The predicted molar refractivity (Wildman–Crippen MR) is 73.5 cm³/mol. The number of para-hydroxylation sites is 1. The zero-order valence-corrected chi connectivity index (χ0v) is 10.8. The molecule has 3 rings (SSSR count). The second kappa shape index (κ2) is 5.20. The molecule has 0 aliphatic carbocycles. The Kier molecular flexibility index (Phi) is 3.25. The maximum atomic E-state index is 5.74. The third-order valence-corrected chi connectivity index (χ3v) is 3.15. The van der Waals surface area contributed by atoms with Gasteiger partial charge in [0.15, 0.2) is 0 Å². The van der Waals surface area contributed by atoms with Gasteiger partial charge < -0.3 is 9.73 Å². The van der Waals surface area contributed by atoms with E-state index in [1.54, 1.807) is 12.5 Å². The minimum absolute atomic E-state index is 0.724. The van der Waals surface area contributed by atoms with E-state index in [0.717, 1.165) is 30.1 Å². The van der Waals surface area contributed by atoms with Crippen LogP contribution < -0.4 is 5.32 Å². The molecule has 0 aliphatic heterocycles. The molecule has 0 fully saturated rings. The van der Waals surface area contributed by atoms with E-state index in [2.05, 4.69) is 21.4 Å². The first-order valence-corrected chi connectivity index (χ1v) is 6.27. The number of nitrogens with one attached hydrogen (secondary N) is 1. The molecule has 0 spiro atoms. The molecule has 2 heterocycles. The fraction of sp³-hybridized carbons (Fsp3) is 0.200. The molecule has 0 radical (unpaired) electrons. The number of furan rings is 1. The quantitative estimate of drug-likeness (QED) is 0.776. The van der Waals surface area contributed by atoms with Gasteiger partial charge in [-0.2, -0.15) is 0 Å². The predicted octanol–water partition coefficient (Wildman–Crippen LogP) is 2.82. The number of aromatic nitrogens is 2. The van der Waals surface area contributed by atoms with Crippen molar-refractivity contribution in [1.29, 1.82) is 0 Å². The molecular formula is C15H15N3O. The molecule has 4 nitrogen and oxygen atoms in total. The van der Waals surface area contributed by atoms with Crippen molar-refractivity contribution in [2.75, 3.05) is 0 Å². The zero-order valence-electron chi connectivity index (χ0n) is 10.8. The molecule has 4 heteroatoms. The molecule has 0 saturated carbocycles. The lowest BCUT2D eigenvalue weighted by Gasteiger charge is -2.03. The highest BCUT2D eigenvalue weighted by molar-refractivity contribution is 5.82. The second-order valence-corrected chi connectivity index (χ2v) is 4.44. The standard InChI is InChI=1S/C15H15N3O/c1-11-14(13-4-2-3-5-15(13)19-11)9-17-8-12-6-7-16-10-18-12/h2-7,10,17H,8-9H2,1H3. The van der Waals surface area contributed by atoms with Crippen LogP contribution in [-0.4, -0.2) is 9.97 Å². The van der Waals surface area contributed by atoms with Crippen LogP contribution >= 0.6 is 0 Å². The van der Waals surface area contributed by atoms with Crippen molar-refractivity contribution in [3.63, 3.8) is 0 Å². The normalized spacial score (nSPS) is 11.0. The molecule has 0 bridgehead atoms. The van der Waals surface area contributed by atoms with Gasteiger partial charge in [-0.15, -0.1) is 0 Å². The number of benzene rings is 1. The first-order chi connectivity index (χ1) is 9.34. The number of nitrogens with zero attached hydrogens (tertiary/aromatic N) is 2. The Balaban J connectivity index is 1.73. The lowest BCUT2D eigenvalue weighted by atomic mass is 10.1. The third-order valence-electron chi connectivity index (χ3n) is 3.15. The first kappa shape index (κ1) is 11.9. The highest BCUT2D eigenvalue weighted by Crippen LogP contribution is 2.24. The Morgan fingerprint density at radius 3 is 2.89 bits per heavy atom. The Morgan fingerprint density at radius 2 is 2.05 bits per heavy atom. The molecule has 0 unspecified atom stereocenters. The van der Waals surface area contributed by atoms with Crippen LogP contribution in [0, 0.1) is 6.92 Å². The number of hydrogen-bond acceptors (Lipinski definition) is 4. The van der Waals surface area contributed by atoms with E-state index in [1.165, 1.54) is 10.9 Å². The van der Waals surface area contributed by atoms with Gasteiger partial charge in [0.25, 0.3) is 0 Å². The molecule has 0 aliphatic rings. The van der Waals surface area contributed by atoms with Gasteiger partial charge in [0, 0.05) is 30.2 Å². The van der Waals surface area contributed by atoms with Gasteiger partial charge in [-0.25, -0.2) is 9.97 Å². The second-order valence-electron chi connectivity index (χ2n) is 4.44. The van der Waals surface area contributed by atoms with Gasteiger partial charge in [-0.05, 0) is 19.1 Å². The van der Waals surface area contributed by atoms with Crippen LogP contribution in [0.2, 0.25) is 0 Å². The Hall–Kier alpha value is -2.20. The van der Waals surface area contributed by atoms with E-state index in [4.69, 9.17) is 4.42 Å². The molecular weight excluding hydrogens is 238 g/mol. The van der Waals surface area contributed by atoms with Crippen LogP contribution in [0.1, 0.15) is 17.0 Å². The summed E-state index contributed by atoms with van der Waals surface area (Å²) in [6.07, 6.45) is 3.32. The number of aryl methyl sites for hydroxylation is 1. The Labute approximate surface area is 111 Å². The SMILES string of the molecule is Cc1oc2ccccc2c1CNCc1ccncn1. The summed E-state index contributed by atoms with van der Waals surface area (Å²) in [6, 6.07) is 10.0. The van der Waals surface area contributed by atoms with E-state index in [0.29, 0.717) is 0 Å². The summed E-state index contributed by atoms with van der Waals surface area (Å²) in [5.41, 5.74) is 3.14. The molecule has 1 aromatic carbocycles. The van der Waals surface area contributed by atoms with E-state index in [-0.39, 0.29) is 0 Å². The van der Waals surface area contributed by atoms with Crippen molar-refractivity contribution in [1.82, 2.24) is 15.3 Å². The van der Waals surface area contributed by atoms with Crippen molar-refractivity contribution < 1.29 is 4.42 Å². The minimum Gasteiger partial charge on any atom is -0.461 e. The van der Waals surface area contributed by atoms with Gasteiger partial charge in [-0.3, -0.25) is 0 Å². The molecule has 1 N–H and O–H groups in total. The summed E-state index contributed by atoms with van der Waals surface area (Å²) in [5, 5.41) is 4.56. The molecule has 0 amide bonds. The maximum Gasteiger partial charge on any atom is 0.134 e. The van der Waals surface area contributed by atoms with E-state index in [1.807, 2.05) is 31.2 Å².